The topological polar surface area (TPSA) is 65.3 Å². The molecule has 0 fully saturated rings. The minimum atomic E-state index is -0.907. The number of nitrogens with zero attached hydrogens (tertiary/aromatic N) is 5. The van der Waals surface area contributed by atoms with Crippen molar-refractivity contribution in [2.75, 3.05) is 20.8 Å². The zero-order chi connectivity index (χ0) is 22.4. The van der Waals surface area contributed by atoms with Gasteiger partial charge in [-0.15, -0.1) is 21.5 Å². The Kier molecular flexibility index (Phi) is 5.26. The van der Waals surface area contributed by atoms with Gasteiger partial charge in [-0.25, -0.2) is 13.8 Å². The molecule has 5 rings (SSSR count). The average molecular weight is 458 g/mol. The minimum Gasteiger partial charge on any atom is -0.497 e. The van der Waals surface area contributed by atoms with Gasteiger partial charge in [-0.3, -0.25) is 4.90 Å². The van der Waals surface area contributed by atoms with Crippen molar-refractivity contribution in [3.63, 3.8) is 0 Å². The van der Waals surface area contributed by atoms with Gasteiger partial charge < -0.3 is 14.0 Å². The van der Waals surface area contributed by atoms with E-state index in [-0.39, 0.29) is 6.04 Å². The molecule has 1 atom stereocenters. The van der Waals surface area contributed by atoms with Crippen LogP contribution < -0.4 is 9.47 Å². The lowest BCUT2D eigenvalue weighted by molar-refractivity contribution is 0.155. The number of halogens is 2. The maximum atomic E-state index is 13.6. The van der Waals surface area contributed by atoms with E-state index in [9.17, 15) is 8.78 Å². The summed E-state index contributed by atoms with van der Waals surface area (Å²) in [6.45, 7) is 4.24. The summed E-state index contributed by atoms with van der Waals surface area (Å²) in [6, 6.07) is 8.11. The Hall–Kier alpha value is -3.11. The van der Waals surface area contributed by atoms with Crippen LogP contribution in [0, 0.1) is 11.6 Å². The van der Waals surface area contributed by atoms with E-state index < -0.39 is 11.6 Å². The van der Waals surface area contributed by atoms with Crippen LogP contribution in [0.5, 0.6) is 11.5 Å². The first-order valence-electron chi connectivity index (χ1n) is 10.1. The molecule has 0 radical (unpaired) electrons. The van der Waals surface area contributed by atoms with Crippen LogP contribution in [0.3, 0.4) is 0 Å². The molecule has 1 aliphatic rings. The summed E-state index contributed by atoms with van der Waals surface area (Å²) >= 11 is 1.28. The SMILES string of the molecule is COc1ccc(CN2CCn3c(-c4nc5cc(F)c(F)cc5s4)nnc3C2C)c(OC)c1. The monoisotopic (exact) mass is 457 g/mol. The van der Waals surface area contributed by atoms with Crippen molar-refractivity contribution in [1.29, 1.82) is 0 Å². The predicted molar refractivity (Wildman–Crippen MR) is 117 cm³/mol. The van der Waals surface area contributed by atoms with Crippen LogP contribution in [-0.4, -0.2) is 45.4 Å². The first-order chi connectivity index (χ1) is 15.5. The van der Waals surface area contributed by atoms with Gasteiger partial charge in [-0.05, 0) is 19.1 Å². The van der Waals surface area contributed by atoms with Crippen molar-refractivity contribution < 1.29 is 18.3 Å². The fourth-order valence-corrected chi connectivity index (χ4v) is 4.99. The summed E-state index contributed by atoms with van der Waals surface area (Å²) in [7, 11) is 3.28. The number of rotatable bonds is 5. The number of fused-ring (bicyclic) bond motifs is 2. The van der Waals surface area contributed by atoms with Crippen molar-refractivity contribution in [1.82, 2.24) is 24.6 Å². The van der Waals surface area contributed by atoms with Gasteiger partial charge in [0.05, 0.1) is 30.5 Å². The van der Waals surface area contributed by atoms with E-state index in [2.05, 4.69) is 27.0 Å². The van der Waals surface area contributed by atoms with E-state index in [0.29, 0.717) is 34.1 Å². The first-order valence-corrected chi connectivity index (χ1v) is 10.9. The Morgan fingerprint density at radius 2 is 1.88 bits per heavy atom. The molecule has 3 heterocycles. The Bertz CT molecular complexity index is 1270. The molecule has 7 nitrogen and oxygen atoms in total. The predicted octanol–water partition coefficient (Wildman–Crippen LogP) is 4.43. The Morgan fingerprint density at radius 3 is 2.66 bits per heavy atom. The quantitative estimate of drug-likeness (QED) is 0.442. The zero-order valence-corrected chi connectivity index (χ0v) is 18.6. The van der Waals surface area contributed by atoms with Crippen LogP contribution in [0.1, 0.15) is 24.4 Å². The first kappa shape index (κ1) is 20.8. The van der Waals surface area contributed by atoms with Gasteiger partial charge in [0.2, 0.25) is 0 Å². The second-order valence-electron chi connectivity index (χ2n) is 7.61. The van der Waals surface area contributed by atoms with Crippen molar-refractivity contribution in [2.24, 2.45) is 0 Å². The maximum absolute atomic E-state index is 13.6. The van der Waals surface area contributed by atoms with Crippen LogP contribution in [0.4, 0.5) is 8.78 Å². The summed E-state index contributed by atoms with van der Waals surface area (Å²) in [5.41, 5.74) is 1.47. The van der Waals surface area contributed by atoms with Crippen LogP contribution in [-0.2, 0) is 13.1 Å². The molecule has 1 aliphatic heterocycles. The highest BCUT2D eigenvalue weighted by atomic mass is 32.1. The summed E-state index contributed by atoms with van der Waals surface area (Å²) in [5, 5.41) is 9.38. The number of ether oxygens (including phenoxy) is 2. The number of thiazole rings is 1. The van der Waals surface area contributed by atoms with Crippen molar-refractivity contribution in [3.8, 4) is 22.3 Å². The molecular formula is C22H21F2N5O2S. The molecule has 1 unspecified atom stereocenters. The van der Waals surface area contributed by atoms with E-state index in [1.807, 2.05) is 22.8 Å². The molecule has 0 N–H and O–H groups in total. The highest BCUT2D eigenvalue weighted by molar-refractivity contribution is 7.21. The van der Waals surface area contributed by atoms with E-state index in [1.165, 1.54) is 17.4 Å². The molecule has 0 saturated heterocycles. The Morgan fingerprint density at radius 1 is 1.06 bits per heavy atom. The van der Waals surface area contributed by atoms with Crippen LogP contribution in [0.15, 0.2) is 30.3 Å². The molecule has 10 heteroatoms. The molecule has 0 bridgehead atoms. The number of methoxy groups -OCH3 is 2. The molecule has 2 aromatic heterocycles. The fourth-order valence-electron chi connectivity index (χ4n) is 4.02. The molecule has 0 saturated carbocycles. The van der Waals surface area contributed by atoms with E-state index >= 15 is 0 Å². The van der Waals surface area contributed by atoms with Gasteiger partial charge in [0.1, 0.15) is 11.5 Å². The summed E-state index contributed by atoms with van der Waals surface area (Å²) in [6.07, 6.45) is 0. The van der Waals surface area contributed by atoms with E-state index in [4.69, 9.17) is 9.47 Å². The second kappa shape index (κ2) is 8.10. The summed E-state index contributed by atoms with van der Waals surface area (Å²) in [5.74, 6) is 1.19. The molecule has 2 aromatic carbocycles. The third kappa shape index (κ3) is 3.49. The van der Waals surface area contributed by atoms with E-state index in [1.54, 1.807) is 14.2 Å². The molecule has 0 spiro atoms. The molecule has 0 amide bonds. The molecule has 166 valence electrons. The number of hydrogen-bond acceptors (Lipinski definition) is 7. The highest BCUT2D eigenvalue weighted by Crippen LogP contribution is 2.35. The van der Waals surface area contributed by atoms with Crippen molar-refractivity contribution in [3.05, 3.63) is 53.4 Å². The van der Waals surface area contributed by atoms with Gasteiger partial charge in [0.25, 0.3) is 0 Å². The molecular weight excluding hydrogens is 436 g/mol. The Labute approximate surface area is 187 Å². The molecule has 4 aromatic rings. The van der Waals surface area contributed by atoms with Crippen LogP contribution >= 0.6 is 11.3 Å². The normalized spacial score (nSPS) is 16.3. The highest BCUT2D eigenvalue weighted by Gasteiger charge is 2.30. The third-order valence-electron chi connectivity index (χ3n) is 5.80. The third-order valence-corrected chi connectivity index (χ3v) is 6.82. The largest absolute Gasteiger partial charge is 0.497 e. The lowest BCUT2D eigenvalue weighted by atomic mass is 10.1. The van der Waals surface area contributed by atoms with Crippen molar-refractivity contribution >= 4 is 21.6 Å². The van der Waals surface area contributed by atoms with Crippen LogP contribution in [0.25, 0.3) is 21.0 Å². The smallest absolute Gasteiger partial charge is 0.193 e. The fraction of sp³-hybridized carbons (Fsp3) is 0.318. The summed E-state index contributed by atoms with van der Waals surface area (Å²) < 4.78 is 40.6. The zero-order valence-electron chi connectivity index (χ0n) is 17.8. The average Bonchev–Trinajstić information content (AvgIpc) is 3.40. The Balaban J connectivity index is 1.43. The van der Waals surface area contributed by atoms with Gasteiger partial charge in [-0.1, -0.05) is 6.07 Å². The van der Waals surface area contributed by atoms with Gasteiger partial charge in [-0.2, -0.15) is 0 Å². The van der Waals surface area contributed by atoms with Gasteiger partial charge >= 0.3 is 0 Å². The van der Waals surface area contributed by atoms with Gasteiger partial charge in [0.15, 0.2) is 28.3 Å². The van der Waals surface area contributed by atoms with E-state index in [0.717, 1.165) is 35.5 Å². The molecule has 32 heavy (non-hydrogen) atoms. The minimum absolute atomic E-state index is 0.0149. The second-order valence-corrected chi connectivity index (χ2v) is 8.64. The number of hydrogen-bond donors (Lipinski definition) is 0. The lowest BCUT2D eigenvalue weighted by Crippen LogP contribution is -2.36. The van der Waals surface area contributed by atoms with Gasteiger partial charge in [0, 0.05) is 37.3 Å². The maximum Gasteiger partial charge on any atom is 0.193 e. The summed E-state index contributed by atoms with van der Waals surface area (Å²) in [4.78, 5) is 6.77. The number of benzene rings is 2. The van der Waals surface area contributed by atoms with Crippen LogP contribution in [0.2, 0.25) is 0 Å². The lowest BCUT2D eigenvalue weighted by Gasteiger charge is -2.33. The molecule has 0 aliphatic carbocycles. The standard InChI is InChI=1S/C22H21F2N5O2S/c1-12-20-26-27-21(22-25-17-9-15(23)16(24)10-19(17)32-22)29(20)7-6-28(12)11-13-4-5-14(30-2)8-18(13)31-3/h4-5,8-10,12H,6-7,11H2,1-3H3. The number of aromatic nitrogens is 4. The van der Waals surface area contributed by atoms with Crippen molar-refractivity contribution in [2.45, 2.75) is 26.1 Å².